The van der Waals surface area contributed by atoms with Crippen LogP contribution >= 0.6 is 0 Å². The summed E-state index contributed by atoms with van der Waals surface area (Å²) in [5.41, 5.74) is 1.52. The molecule has 1 aliphatic carbocycles. The van der Waals surface area contributed by atoms with Gasteiger partial charge in [0, 0.05) is 7.05 Å². The van der Waals surface area contributed by atoms with Gasteiger partial charge in [-0.2, -0.15) is 0 Å². The number of nitrogens with one attached hydrogen (secondary N) is 1. The van der Waals surface area contributed by atoms with Gasteiger partial charge in [-0.15, -0.1) is 0 Å². The summed E-state index contributed by atoms with van der Waals surface area (Å²) in [6.45, 7) is 2.21. The van der Waals surface area contributed by atoms with Gasteiger partial charge in [0.1, 0.15) is 0 Å². The molecule has 0 amide bonds. The molecule has 1 rings (SSSR count). The van der Waals surface area contributed by atoms with Gasteiger partial charge in [0.2, 0.25) is 0 Å². The van der Waals surface area contributed by atoms with Crippen LogP contribution in [0, 0.1) is 5.92 Å². The lowest BCUT2D eigenvalue weighted by atomic mass is 10.2. The minimum Gasteiger partial charge on any atom is -0.394 e. The average molecular weight is 137 g/mol. The average Bonchev–Trinajstić information content (AvgIpc) is 2.69. The van der Waals surface area contributed by atoms with Gasteiger partial charge in [-0.1, -0.05) is 11.6 Å². The predicted molar refractivity (Wildman–Crippen MR) is 44.7 cm³/mol. The maximum absolute atomic E-state index is 2.96. The second-order valence-corrected chi connectivity index (χ2v) is 2.83. The van der Waals surface area contributed by atoms with Gasteiger partial charge in [0.25, 0.3) is 0 Å². The van der Waals surface area contributed by atoms with E-state index in [1.54, 1.807) is 0 Å². The Morgan fingerprint density at radius 3 is 2.70 bits per heavy atom. The molecule has 56 valence electrons. The summed E-state index contributed by atoms with van der Waals surface area (Å²) in [5.74, 6) is 0.904. The molecular weight excluding hydrogens is 122 g/mol. The molecule has 0 saturated heterocycles. The topological polar surface area (TPSA) is 12.0 Å². The first-order valence-electron chi connectivity index (χ1n) is 3.85. The molecule has 0 aromatic carbocycles. The van der Waals surface area contributed by atoms with Gasteiger partial charge >= 0.3 is 0 Å². The summed E-state index contributed by atoms with van der Waals surface area (Å²) in [6.07, 6.45) is 9.00. The third-order valence-corrected chi connectivity index (χ3v) is 1.84. The Bertz CT molecular complexity index is 152. The van der Waals surface area contributed by atoms with Crippen molar-refractivity contribution in [3.63, 3.8) is 0 Å². The fraction of sp³-hybridized carbons (Fsp3) is 0.556. The molecule has 1 fully saturated rings. The van der Waals surface area contributed by atoms with E-state index in [9.17, 15) is 0 Å². The highest BCUT2D eigenvalue weighted by molar-refractivity contribution is 5.16. The number of hydrogen-bond donors (Lipinski definition) is 1. The van der Waals surface area contributed by atoms with Crippen LogP contribution in [0.15, 0.2) is 23.9 Å². The van der Waals surface area contributed by atoms with Crippen LogP contribution in [0.4, 0.5) is 0 Å². The van der Waals surface area contributed by atoms with Gasteiger partial charge in [0.15, 0.2) is 0 Å². The highest BCUT2D eigenvalue weighted by Gasteiger charge is 2.21. The van der Waals surface area contributed by atoms with E-state index in [0.29, 0.717) is 0 Å². The van der Waals surface area contributed by atoms with Crippen molar-refractivity contribution < 1.29 is 0 Å². The Morgan fingerprint density at radius 2 is 2.20 bits per heavy atom. The normalized spacial score (nSPS) is 20.0. The molecule has 1 aliphatic rings. The third-order valence-electron chi connectivity index (χ3n) is 1.84. The fourth-order valence-corrected chi connectivity index (χ4v) is 0.971. The summed E-state index contributed by atoms with van der Waals surface area (Å²) in [6, 6.07) is 0. The smallest absolute Gasteiger partial charge is 0.00277 e. The van der Waals surface area contributed by atoms with E-state index < -0.39 is 0 Å². The van der Waals surface area contributed by atoms with Crippen molar-refractivity contribution in [3.8, 4) is 0 Å². The van der Waals surface area contributed by atoms with Crippen molar-refractivity contribution in [1.29, 1.82) is 0 Å². The van der Waals surface area contributed by atoms with E-state index in [1.807, 2.05) is 13.2 Å². The molecule has 0 radical (unpaired) electrons. The second kappa shape index (κ2) is 3.45. The summed E-state index contributed by atoms with van der Waals surface area (Å²) in [4.78, 5) is 0. The van der Waals surface area contributed by atoms with Crippen molar-refractivity contribution in [2.45, 2.75) is 19.8 Å². The molecular formula is C9H15N. The SMILES string of the molecule is CNC=C/C=C(\C)C1CC1. The Balaban J connectivity index is 2.29. The Morgan fingerprint density at radius 1 is 1.50 bits per heavy atom. The van der Waals surface area contributed by atoms with Crippen LogP contribution in [0.1, 0.15) is 19.8 Å². The molecule has 0 bridgehead atoms. The molecule has 1 saturated carbocycles. The van der Waals surface area contributed by atoms with Crippen molar-refractivity contribution >= 4 is 0 Å². The highest BCUT2D eigenvalue weighted by Crippen LogP contribution is 2.35. The number of rotatable bonds is 3. The largest absolute Gasteiger partial charge is 0.394 e. The number of hydrogen-bond acceptors (Lipinski definition) is 1. The first-order valence-corrected chi connectivity index (χ1v) is 3.85. The number of allylic oxidation sites excluding steroid dienone is 3. The van der Waals surface area contributed by atoms with Gasteiger partial charge in [0.05, 0.1) is 0 Å². The molecule has 10 heavy (non-hydrogen) atoms. The molecule has 0 heterocycles. The molecule has 0 spiro atoms. The van der Waals surface area contributed by atoms with Gasteiger partial charge in [-0.05, 0) is 38.0 Å². The molecule has 0 aromatic rings. The van der Waals surface area contributed by atoms with E-state index in [2.05, 4.69) is 24.4 Å². The van der Waals surface area contributed by atoms with Crippen molar-refractivity contribution in [1.82, 2.24) is 5.32 Å². The fourth-order valence-electron chi connectivity index (χ4n) is 0.971. The molecule has 1 heteroatoms. The highest BCUT2D eigenvalue weighted by atomic mass is 14.8. The van der Waals surface area contributed by atoms with E-state index in [-0.39, 0.29) is 0 Å². The minimum absolute atomic E-state index is 0.904. The van der Waals surface area contributed by atoms with Crippen molar-refractivity contribution in [2.24, 2.45) is 5.92 Å². The van der Waals surface area contributed by atoms with E-state index in [4.69, 9.17) is 0 Å². The summed E-state index contributed by atoms with van der Waals surface area (Å²) >= 11 is 0. The molecule has 1 N–H and O–H groups in total. The van der Waals surface area contributed by atoms with Crippen molar-refractivity contribution in [3.05, 3.63) is 23.9 Å². The summed E-state index contributed by atoms with van der Waals surface area (Å²) < 4.78 is 0. The lowest BCUT2D eigenvalue weighted by molar-refractivity contribution is 1.00. The molecule has 0 atom stereocenters. The zero-order valence-electron chi connectivity index (χ0n) is 6.72. The summed E-state index contributed by atoms with van der Waals surface area (Å²) in [5, 5.41) is 2.96. The molecule has 0 aliphatic heterocycles. The third kappa shape index (κ3) is 2.26. The summed E-state index contributed by atoms with van der Waals surface area (Å²) in [7, 11) is 1.91. The Labute approximate surface area is 62.8 Å². The quantitative estimate of drug-likeness (QED) is 0.587. The minimum atomic E-state index is 0.904. The zero-order chi connectivity index (χ0) is 7.40. The van der Waals surface area contributed by atoms with E-state index >= 15 is 0 Å². The van der Waals surface area contributed by atoms with Gasteiger partial charge in [-0.3, -0.25) is 0 Å². The molecule has 0 aromatic heterocycles. The standard InChI is InChI=1S/C9H15N/c1-8(9-5-6-9)4-3-7-10-2/h3-4,7,9-10H,5-6H2,1-2H3/b7-3?,8-4+. The zero-order valence-corrected chi connectivity index (χ0v) is 6.72. The first-order chi connectivity index (χ1) is 4.84. The molecule has 1 nitrogen and oxygen atoms in total. The predicted octanol–water partition coefficient (Wildman–Crippen LogP) is 2.08. The van der Waals surface area contributed by atoms with Crippen LogP contribution in [0.2, 0.25) is 0 Å². The van der Waals surface area contributed by atoms with Crippen LogP contribution in [0.3, 0.4) is 0 Å². The van der Waals surface area contributed by atoms with Crippen LogP contribution < -0.4 is 5.32 Å². The lowest BCUT2D eigenvalue weighted by Crippen LogP contribution is -1.90. The van der Waals surface area contributed by atoms with Crippen LogP contribution in [0.5, 0.6) is 0 Å². The van der Waals surface area contributed by atoms with Gasteiger partial charge < -0.3 is 5.32 Å². The first kappa shape index (κ1) is 7.39. The maximum atomic E-state index is 2.96. The lowest BCUT2D eigenvalue weighted by Gasteiger charge is -1.91. The van der Waals surface area contributed by atoms with E-state index in [1.165, 1.54) is 18.4 Å². The monoisotopic (exact) mass is 137 g/mol. The van der Waals surface area contributed by atoms with Gasteiger partial charge in [-0.25, -0.2) is 0 Å². The van der Waals surface area contributed by atoms with Crippen LogP contribution in [0.25, 0.3) is 0 Å². The molecule has 0 unspecified atom stereocenters. The Hall–Kier alpha value is -0.720. The van der Waals surface area contributed by atoms with Crippen LogP contribution in [-0.4, -0.2) is 7.05 Å². The maximum Gasteiger partial charge on any atom is 0.00277 e. The van der Waals surface area contributed by atoms with E-state index in [0.717, 1.165) is 5.92 Å². The second-order valence-electron chi connectivity index (χ2n) is 2.83. The Kier molecular flexibility index (Phi) is 2.55. The van der Waals surface area contributed by atoms with Crippen LogP contribution in [-0.2, 0) is 0 Å². The van der Waals surface area contributed by atoms with Crippen molar-refractivity contribution in [2.75, 3.05) is 7.05 Å².